The lowest BCUT2D eigenvalue weighted by molar-refractivity contribution is 0.321. The number of imidazole rings is 1. The highest BCUT2D eigenvalue weighted by Crippen LogP contribution is 1.81. The molecular formula is C9H19N3. The lowest BCUT2D eigenvalue weighted by Crippen LogP contribution is -2.21. The van der Waals surface area contributed by atoms with Gasteiger partial charge in [-0.25, -0.2) is 4.98 Å². The van der Waals surface area contributed by atoms with Gasteiger partial charge in [-0.2, -0.15) is 0 Å². The van der Waals surface area contributed by atoms with Gasteiger partial charge in [0, 0.05) is 12.4 Å². The molecule has 0 fully saturated rings. The number of aromatic nitrogens is 2. The first kappa shape index (κ1) is 11.2. The standard InChI is InChI=1S/C6H15N.C3H4N2/c1-4-7(5-2)6-3;1-2-5-3-4-1/h4-6H2,1-3H3;1-3H,(H,4,5). The van der Waals surface area contributed by atoms with Crippen molar-refractivity contribution in [3.63, 3.8) is 0 Å². The molecule has 0 saturated heterocycles. The fourth-order valence-electron chi connectivity index (χ4n) is 0.886. The van der Waals surface area contributed by atoms with Gasteiger partial charge in [-0.3, -0.25) is 0 Å². The monoisotopic (exact) mass is 169 g/mol. The predicted octanol–water partition coefficient (Wildman–Crippen LogP) is 1.76. The third kappa shape index (κ3) is 5.92. The number of nitrogens with zero attached hydrogens (tertiary/aromatic N) is 2. The molecule has 1 heterocycles. The van der Waals surface area contributed by atoms with Crippen LogP contribution in [-0.2, 0) is 0 Å². The maximum atomic E-state index is 3.67. The third-order valence-electron chi connectivity index (χ3n) is 1.75. The van der Waals surface area contributed by atoms with Gasteiger partial charge in [0.1, 0.15) is 0 Å². The molecule has 0 aliphatic rings. The lowest BCUT2D eigenvalue weighted by Gasteiger charge is -2.13. The quantitative estimate of drug-likeness (QED) is 0.747. The van der Waals surface area contributed by atoms with Crippen molar-refractivity contribution < 1.29 is 0 Å². The van der Waals surface area contributed by atoms with Gasteiger partial charge in [0.05, 0.1) is 6.33 Å². The summed E-state index contributed by atoms with van der Waals surface area (Å²) in [6.45, 7) is 10.1. The lowest BCUT2D eigenvalue weighted by atomic mass is 10.5. The Morgan fingerprint density at radius 2 is 1.75 bits per heavy atom. The van der Waals surface area contributed by atoms with Crippen molar-refractivity contribution in [1.82, 2.24) is 14.9 Å². The van der Waals surface area contributed by atoms with Crippen LogP contribution in [0.4, 0.5) is 0 Å². The number of hydrogen-bond donors (Lipinski definition) is 1. The molecule has 1 aromatic rings. The Bertz CT molecular complexity index is 122. The minimum atomic E-state index is 1.19. The van der Waals surface area contributed by atoms with E-state index in [2.05, 4.69) is 35.6 Å². The molecule has 0 aliphatic carbocycles. The molecule has 0 spiro atoms. The van der Waals surface area contributed by atoms with Crippen LogP contribution in [0.5, 0.6) is 0 Å². The summed E-state index contributed by atoms with van der Waals surface area (Å²) in [6, 6.07) is 0. The fraction of sp³-hybridized carbons (Fsp3) is 0.667. The summed E-state index contributed by atoms with van der Waals surface area (Å²) >= 11 is 0. The molecule has 0 atom stereocenters. The van der Waals surface area contributed by atoms with Crippen molar-refractivity contribution in [1.29, 1.82) is 0 Å². The van der Waals surface area contributed by atoms with Crippen molar-refractivity contribution in [2.45, 2.75) is 20.8 Å². The van der Waals surface area contributed by atoms with E-state index >= 15 is 0 Å². The van der Waals surface area contributed by atoms with Crippen molar-refractivity contribution >= 4 is 0 Å². The molecule has 3 nitrogen and oxygen atoms in total. The average Bonchev–Trinajstić information content (AvgIpc) is 2.64. The van der Waals surface area contributed by atoms with Crippen LogP contribution in [0.1, 0.15) is 20.8 Å². The molecule has 1 aromatic heterocycles. The molecule has 0 unspecified atom stereocenters. The normalized spacial score (nSPS) is 9.33. The predicted molar refractivity (Wildman–Crippen MR) is 52.0 cm³/mol. The number of rotatable bonds is 3. The zero-order valence-electron chi connectivity index (χ0n) is 8.25. The minimum absolute atomic E-state index is 1.19. The summed E-state index contributed by atoms with van der Waals surface area (Å²) in [6.07, 6.45) is 5.08. The van der Waals surface area contributed by atoms with Crippen molar-refractivity contribution in [3.05, 3.63) is 18.7 Å². The van der Waals surface area contributed by atoms with E-state index in [0.29, 0.717) is 0 Å². The zero-order valence-corrected chi connectivity index (χ0v) is 8.25. The van der Waals surface area contributed by atoms with Crippen LogP contribution in [0.15, 0.2) is 18.7 Å². The second kappa shape index (κ2) is 8.27. The molecule has 0 aromatic carbocycles. The van der Waals surface area contributed by atoms with E-state index in [4.69, 9.17) is 0 Å². The van der Waals surface area contributed by atoms with E-state index in [0.717, 1.165) is 0 Å². The summed E-state index contributed by atoms with van der Waals surface area (Å²) < 4.78 is 0. The largest absolute Gasteiger partial charge is 0.351 e. The molecule has 70 valence electrons. The SMILES string of the molecule is CCN(CC)CC.c1c[nH]cn1. The van der Waals surface area contributed by atoms with Crippen LogP contribution in [-0.4, -0.2) is 34.5 Å². The molecule has 1 rings (SSSR count). The summed E-state index contributed by atoms with van der Waals surface area (Å²) in [5.74, 6) is 0. The zero-order chi connectivity index (χ0) is 9.23. The highest BCUT2D eigenvalue weighted by Gasteiger charge is 1.89. The van der Waals surface area contributed by atoms with Gasteiger partial charge in [-0.05, 0) is 19.6 Å². The van der Waals surface area contributed by atoms with Gasteiger partial charge in [-0.1, -0.05) is 20.8 Å². The summed E-state index contributed by atoms with van der Waals surface area (Å²) in [4.78, 5) is 8.79. The Kier molecular flexibility index (Phi) is 7.70. The van der Waals surface area contributed by atoms with Gasteiger partial charge in [0.25, 0.3) is 0 Å². The van der Waals surface area contributed by atoms with Crippen LogP contribution in [0.25, 0.3) is 0 Å². The number of nitrogens with one attached hydrogen (secondary N) is 1. The van der Waals surface area contributed by atoms with Gasteiger partial charge < -0.3 is 9.88 Å². The molecule has 3 heteroatoms. The summed E-state index contributed by atoms with van der Waals surface area (Å²) in [5.41, 5.74) is 0. The highest BCUT2D eigenvalue weighted by molar-refractivity contribution is 4.64. The Morgan fingerprint density at radius 3 is 1.83 bits per heavy atom. The number of hydrogen-bond acceptors (Lipinski definition) is 2. The molecule has 0 bridgehead atoms. The first-order chi connectivity index (χ1) is 5.85. The first-order valence-corrected chi connectivity index (χ1v) is 4.50. The van der Waals surface area contributed by atoms with Crippen molar-refractivity contribution in [3.8, 4) is 0 Å². The van der Waals surface area contributed by atoms with Crippen LogP contribution in [0.2, 0.25) is 0 Å². The minimum Gasteiger partial charge on any atom is -0.351 e. The van der Waals surface area contributed by atoms with E-state index in [1.165, 1.54) is 19.6 Å². The Hall–Kier alpha value is -0.830. The third-order valence-corrected chi connectivity index (χ3v) is 1.75. The van der Waals surface area contributed by atoms with E-state index < -0.39 is 0 Å². The second-order valence-corrected chi connectivity index (χ2v) is 2.38. The average molecular weight is 169 g/mol. The first-order valence-electron chi connectivity index (χ1n) is 4.50. The molecule has 0 radical (unpaired) electrons. The van der Waals surface area contributed by atoms with Gasteiger partial charge in [0.2, 0.25) is 0 Å². The van der Waals surface area contributed by atoms with E-state index in [-0.39, 0.29) is 0 Å². The number of H-pyrrole nitrogens is 1. The topological polar surface area (TPSA) is 31.9 Å². The van der Waals surface area contributed by atoms with E-state index in [9.17, 15) is 0 Å². The van der Waals surface area contributed by atoms with Gasteiger partial charge in [-0.15, -0.1) is 0 Å². The Labute approximate surface area is 74.8 Å². The van der Waals surface area contributed by atoms with Gasteiger partial charge in [0.15, 0.2) is 0 Å². The molecule has 0 saturated carbocycles. The van der Waals surface area contributed by atoms with E-state index in [1.54, 1.807) is 18.7 Å². The molecule has 0 amide bonds. The molecule has 12 heavy (non-hydrogen) atoms. The molecule has 1 N–H and O–H groups in total. The maximum Gasteiger partial charge on any atom is 0.0919 e. The van der Waals surface area contributed by atoms with Crippen LogP contribution >= 0.6 is 0 Å². The Balaban J connectivity index is 0.000000211. The van der Waals surface area contributed by atoms with Crippen molar-refractivity contribution in [2.24, 2.45) is 0 Å². The van der Waals surface area contributed by atoms with Crippen LogP contribution in [0.3, 0.4) is 0 Å². The fourth-order valence-corrected chi connectivity index (χ4v) is 0.886. The van der Waals surface area contributed by atoms with Gasteiger partial charge >= 0.3 is 0 Å². The summed E-state index contributed by atoms with van der Waals surface area (Å²) in [5, 5.41) is 0. The molecule has 0 aliphatic heterocycles. The second-order valence-electron chi connectivity index (χ2n) is 2.38. The smallest absolute Gasteiger partial charge is 0.0919 e. The van der Waals surface area contributed by atoms with Crippen molar-refractivity contribution in [2.75, 3.05) is 19.6 Å². The highest BCUT2D eigenvalue weighted by atomic mass is 15.1. The maximum absolute atomic E-state index is 3.67. The van der Waals surface area contributed by atoms with E-state index in [1.807, 2.05) is 0 Å². The van der Waals surface area contributed by atoms with Crippen LogP contribution in [0, 0.1) is 0 Å². The van der Waals surface area contributed by atoms with Crippen LogP contribution < -0.4 is 0 Å². The Morgan fingerprint density at radius 1 is 1.17 bits per heavy atom. The molecular weight excluding hydrogens is 150 g/mol. The summed E-state index contributed by atoms with van der Waals surface area (Å²) in [7, 11) is 0. The number of aromatic amines is 1.